The van der Waals surface area contributed by atoms with Gasteiger partial charge in [0.25, 0.3) is 0 Å². The number of rotatable bonds is 7. The van der Waals surface area contributed by atoms with Crippen LogP contribution in [0.1, 0.15) is 44.7 Å². The predicted molar refractivity (Wildman–Crippen MR) is 85.4 cm³/mol. The maximum atomic E-state index is 5.53. The van der Waals surface area contributed by atoms with Crippen LogP contribution in [0.5, 0.6) is 5.75 Å². The number of benzene rings is 1. The fourth-order valence-electron chi connectivity index (χ4n) is 3.18. The summed E-state index contributed by atoms with van der Waals surface area (Å²) in [7, 11) is 1.77. The lowest BCUT2D eigenvalue weighted by molar-refractivity contribution is 0.383. The van der Waals surface area contributed by atoms with Crippen LogP contribution in [0.15, 0.2) is 18.2 Å². The van der Waals surface area contributed by atoms with Gasteiger partial charge in [0.2, 0.25) is 0 Å². The predicted octanol–water partition coefficient (Wildman–Crippen LogP) is 3.96. The second-order valence-electron chi connectivity index (χ2n) is 6.88. The molecule has 0 radical (unpaired) electrons. The van der Waals surface area contributed by atoms with E-state index in [1.54, 1.807) is 7.11 Å². The topological polar surface area (TPSA) is 21.3 Å². The Morgan fingerprint density at radius 3 is 2.65 bits per heavy atom. The van der Waals surface area contributed by atoms with Crippen LogP contribution in [-0.4, -0.2) is 19.7 Å². The highest BCUT2D eigenvalue weighted by atomic mass is 16.5. The van der Waals surface area contributed by atoms with Crippen molar-refractivity contribution in [2.24, 2.45) is 11.3 Å². The first-order valence-corrected chi connectivity index (χ1v) is 7.85. The first-order chi connectivity index (χ1) is 9.47. The number of nitrogens with one attached hydrogen (secondary N) is 1. The molecule has 0 amide bonds. The van der Waals surface area contributed by atoms with E-state index in [-0.39, 0.29) is 0 Å². The summed E-state index contributed by atoms with van der Waals surface area (Å²) in [6.07, 6.45) is 3.59. The molecule has 2 nitrogen and oxygen atoms in total. The van der Waals surface area contributed by atoms with E-state index >= 15 is 0 Å². The van der Waals surface area contributed by atoms with Gasteiger partial charge >= 0.3 is 0 Å². The zero-order valence-electron chi connectivity index (χ0n) is 13.6. The average Bonchev–Trinajstić information content (AvgIpc) is 3.03. The second-order valence-corrected chi connectivity index (χ2v) is 6.88. The van der Waals surface area contributed by atoms with Crippen molar-refractivity contribution in [2.75, 3.05) is 13.7 Å². The maximum absolute atomic E-state index is 5.53. The highest BCUT2D eigenvalue weighted by molar-refractivity contribution is 5.37. The minimum atomic E-state index is 0.502. The van der Waals surface area contributed by atoms with Crippen molar-refractivity contribution >= 4 is 0 Å². The number of hydrogen-bond donors (Lipinski definition) is 1. The molecule has 1 saturated carbocycles. The molecule has 112 valence electrons. The molecule has 20 heavy (non-hydrogen) atoms. The Bertz CT molecular complexity index is 453. The quantitative estimate of drug-likeness (QED) is 0.813. The summed E-state index contributed by atoms with van der Waals surface area (Å²) in [4.78, 5) is 0. The van der Waals surface area contributed by atoms with Crippen molar-refractivity contribution in [3.63, 3.8) is 0 Å². The summed E-state index contributed by atoms with van der Waals surface area (Å²) in [5.74, 6) is 1.82. The van der Waals surface area contributed by atoms with Gasteiger partial charge in [0.1, 0.15) is 5.75 Å². The van der Waals surface area contributed by atoms with Crippen LogP contribution in [0.2, 0.25) is 0 Å². The first kappa shape index (κ1) is 15.4. The van der Waals surface area contributed by atoms with Gasteiger partial charge in [-0.2, -0.15) is 0 Å². The molecule has 2 unspecified atom stereocenters. The molecule has 0 heterocycles. The lowest BCUT2D eigenvalue weighted by atomic mass is 9.95. The molecule has 0 bridgehead atoms. The third-order valence-electron chi connectivity index (χ3n) is 4.61. The van der Waals surface area contributed by atoms with Crippen LogP contribution in [0.3, 0.4) is 0 Å². The summed E-state index contributed by atoms with van der Waals surface area (Å²) in [6.45, 7) is 10.2. The van der Waals surface area contributed by atoms with Crippen LogP contribution in [0.4, 0.5) is 0 Å². The molecule has 0 saturated heterocycles. The molecule has 1 aliphatic rings. The van der Waals surface area contributed by atoms with E-state index in [1.165, 1.54) is 24.0 Å². The van der Waals surface area contributed by atoms with Gasteiger partial charge in [0.15, 0.2) is 0 Å². The zero-order chi connectivity index (χ0) is 14.8. The van der Waals surface area contributed by atoms with Gasteiger partial charge in [-0.1, -0.05) is 38.5 Å². The summed E-state index contributed by atoms with van der Waals surface area (Å²) in [5.41, 5.74) is 3.15. The van der Waals surface area contributed by atoms with Crippen LogP contribution < -0.4 is 10.1 Å². The molecule has 0 spiro atoms. The molecule has 1 N–H and O–H groups in total. The van der Waals surface area contributed by atoms with E-state index in [0.717, 1.165) is 24.6 Å². The lowest BCUT2D eigenvalue weighted by Crippen LogP contribution is -2.35. The number of hydrogen-bond acceptors (Lipinski definition) is 2. The summed E-state index contributed by atoms with van der Waals surface area (Å²) < 4.78 is 5.53. The highest BCUT2D eigenvalue weighted by Crippen LogP contribution is 2.54. The Hall–Kier alpha value is -1.02. The second kappa shape index (κ2) is 6.17. The molecule has 1 aromatic carbocycles. The smallest absolute Gasteiger partial charge is 0.122 e. The van der Waals surface area contributed by atoms with Gasteiger partial charge in [-0.25, -0.2) is 0 Å². The van der Waals surface area contributed by atoms with Crippen molar-refractivity contribution < 1.29 is 4.74 Å². The van der Waals surface area contributed by atoms with E-state index in [9.17, 15) is 0 Å². The van der Waals surface area contributed by atoms with E-state index in [0.29, 0.717) is 11.5 Å². The third-order valence-corrected chi connectivity index (χ3v) is 4.61. The average molecular weight is 275 g/mol. The molecule has 1 aliphatic carbocycles. The van der Waals surface area contributed by atoms with Gasteiger partial charge in [0.05, 0.1) is 7.11 Å². The number of aryl methyl sites for hydroxylation is 1. The Balaban J connectivity index is 2.13. The zero-order valence-corrected chi connectivity index (χ0v) is 13.6. The van der Waals surface area contributed by atoms with Gasteiger partial charge in [-0.3, -0.25) is 0 Å². The van der Waals surface area contributed by atoms with Gasteiger partial charge in [-0.15, -0.1) is 0 Å². The van der Waals surface area contributed by atoms with Crippen LogP contribution >= 0.6 is 0 Å². The van der Waals surface area contributed by atoms with Crippen LogP contribution in [-0.2, 0) is 6.42 Å². The van der Waals surface area contributed by atoms with E-state index < -0.39 is 0 Å². The molecule has 2 rings (SSSR count). The van der Waals surface area contributed by atoms with Gasteiger partial charge in [0, 0.05) is 6.04 Å². The minimum Gasteiger partial charge on any atom is -0.496 e. The SMILES string of the molecule is CCCNC(Cc1cc(C)ccc1OC)C1CC1(C)C. The van der Waals surface area contributed by atoms with E-state index in [2.05, 4.69) is 51.2 Å². The molecule has 1 fully saturated rings. The first-order valence-electron chi connectivity index (χ1n) is 7.85. The Kier molecular flexibility index (Phi) is 4.74. The highest BCUT2D eigenvalue weighted by Gasteiger charge is 2.49. The molecular formula is C18H29NO. The van der Waals surface area contributed by atoms with Crippen molar-refractivity contribution in [1.29, 1.82) is 0 Å². The normalized spacial score (nSPS) is 21.6. The van der Waals surface area contributed by atoms with E-state index in [1.807, 2.05) is 0 Å². The summed E-state index contributed by atoms with van der Waals surface area (Å²) >= 11 is 0. The summed E-state index contributed by atoms with van der Waals surface area (Å²) in [5, 5.41) is 3.75. The van der Waals surface area contributed by atoms with Crippen LogP contribution in [0, 0.1) is 18.3 Å². The number of ether oxygens (including phenoxy) is 1. The van der Waals surface area contributed by atoms with Gasteiger partial charge in [-0.05, 0) is 55.7 Å². The van der Waals surface area contributed by atoms with Crippen LogP contribution in [0.25, 0.3) is 0 Å². The summed E-state index contributed by atoms with van der Waals surface area (Å²) in [6, 6.07) is 7.06. The Labute approximate surface area is 123 Å². The molecule has 0 aromatic heterocycles. The molecular weight excluding hydrogens is 246 g/mol. The van der Waals surface area contributed by atoms with Crippen molar-refractivity contribution in [3.05, 3.63) is 29.3 Å². The van der Waals surface area contributed by atoms with Crippen molar-refractivity contribution in [1.82, 2.24) is 5.32 Å². The maximum Gasteiger partial charge on any atom is 0.122 e. The monoisotopic (exact) mass is 275 g/mol. The molecule has 2 atom stereocenters. The third kappa shape index (κ3) is 3.54. The molecule has 1 aromatic rings. The van der Waals surface area contributed by atoms with Gasteiger partial charge < -0.3 is 10.1 Å². The fourth-order valence-corrected chi connectivity index (χ4v) is 3.18. The standard InChI is InChI=1S/C18H29NO/c1-6-9-19-16(15-12-18(15,3)4)11-14-10-13(2)7-8-17(14)20-5/h7-8,10,15-16,19H,6,9,11-12H2,1-5H3. The molecule has 2 heteroatoms. The lowest BCUT2D eigenvalue weighted by Gasteiger charge is -2.22. The largest absolute Gasteiger partial charge is 0.496 e. The minimum absolute atomic E-state index is 0.502. The van der Waals surface area contributed by atoms with Crippen molar-refractivity contribution in [3.8, 4) is 5.75 Å². The Morgan fingerprint density at radius 2 is 2.10 bits per heavy atom. The van der Waals surface area contributed by atoms with Crippen molar-refractivity contribution in [2.45, 2.75) is 53.0 Å². The van der Waals surface area contributed by atoms with E-state index in [4.69, 9.17) is 4.74 Å². The fraction of sp³-hybridized carbons (Fsp3) is 0.667. The Morgan fingerprint density at radius 1 is 1.40 bits per heavy atom. The molecule has 0 aliphatic heterocycles. The number of methoxy groups -OCH3 is 1.